The molecule has 440 valence electrons. The standard InChI is InChI=1S/5C16H20N/c2*1-11-6-9-15(13(3)10-11)16-12(2)7-8-14(4)17(16)5;1-11-6-7-12(2)15(10-11)16-13(3)8-9-14(4)17(16)5;2*1-11-7-6-8-15(14(11)4)16-12(2)9-10-13(3)17(16)5/h5*6-10H,1-5H3/q5*+1/i1D3;;;1D3;. The lowest BCUT2D eigenvalue weighted by molar-refractivity contribution is -0.667. The zero-order chi connectivity index (χ0) is 67.9. The number of nitrogens with zero attached hydrogens (tertiary/aromatic N) is 5. The maximum atomic E-state index is 7.65. The maximum absolute atomic E-state index is 7.65. The molecule has 5 aromatic heterocycles. The van der Waals surface area contributed by atoms with Crippen LogP contribution in [0.1, 0.15) is 120 Å². The number of benzene rings is 5. The van der Waals surface area contributed by atoms with Gasteiger partial charge in [-0.25, -0.2) is 0 Å². The van der Waals surface area contributed by atoms with Crippen LogP contribution in [0.4, 0.5) is 0 Å². The summed E-state index contributed by atoms with van der Waals surface area (Å²) in [5.41, 5.74) is 35.4. The number of aryl methyl sites for hydroxylation is 18. The lowest BCUT2D eigenvalue weighted by atomic mass is 9.97. The van der Waals surface area contributed by atoms with E-state index >= 15 is 0 Å². The number of aromatic nitrogens is 5. The molecule has 0 bridgehead atoms. The van der Waals surface area contributed by atoms with Crippen LogP contribution >= 0.6 is 0 Å². The van der Waals surface area contributed by atoms with Crippen molar-refractivity contribution in [2.75, 3.05) is 0 Å². The van der Waals surface area contributed by atoms with Crippen LogP contribution in [0.15, 0.2) is 152 Å². The molecule has 0 fully saturated rings. The van der Waals surface area contributed by atoms with E-state index < -0.39 is 13.7 Å². The fraction of sp³-hybridized carbons (Fsp3) is 0.312. The molecule has 0 aliphatic heterocycles. The summed E-state index contributed by atoms with van der Waals surface area (Å²) in [7, 11) is 10.5. The Labute approximate surface area is 522 Å². The molecule has 5 nitrogen and oxygen atoms in total. The van der Waals surface area contributed by atoms with Crippen molar-refractivity contribution in [2.24, 2.45) is 35.2 Å². The van der Waals surface area contributed by atoms with Gasteiger partial charge in [0, 0.05) is 129 Å². The summed E-state index contributed by atoms with van der Waals surface area (Å²) in [4.78, 5) is 0. The third-order valence-electron chi connectivity index (χ3n) is 17.3. The molecule has 0 unspecified atom stereocenters. The molecule has 10 rings (SSSR count). The Kier molecular flexibility index (Phi) is 19.3. The number of rotatable bonds is 5. The molecule has 85 heavy (non-hydrogen) atoms. The van der Waals surface area contributed by atoms with Crippen LogP contribution in [0, 0.1) is 138 Å². The van der Waals surface area contributed by atoms with Crippen molar-refractivity contribution in [1.82, 2.24) is 0 Å². The quantitative estimate of drug-likeness (QED) is 0.153. The molecule has 5 aromatic carbocycles. The molecular weight excluding hydrogens is 1030 g/mol. The van der Waals surface area contributed by atoms with E-state index in [0.29, 0.717) is 11.1 Å². The molecule has 5 heterocycles. The first-order valence-electron chi connectivity index (χ1n) is 32.7. The first-order valence-corrected chi connectivity index (χ1v) is 29.7. The summed E-state index contributed by atoms with van der Waals surface area (Å²) in [6.07, 6.45) is 0. The minimum atomic E-state index is -2.07. The topological polar surface area (TPSA) is 19.4 Å². The second-order valence-electron chi connectivity index (χ2n) is 23.7. The molecule has 0 saturated carbocycles. The SMILES string of the molecule is Cc1ccc(-c2c(C)ccc(C)[n+]2C)c(C)c1.Cc1ccc(C)c(-c2c(C)ccc(C)[n+]2C)c1.Cc1cccc(-c2c(C)ccc(C)[n+]2C)c1C.[2H]C([2H])([2H])c1ccc(-c2c(C)ccc(C)[n+]2C)c(C)c1.[2H]C([2H])([2H])c1cccc(-c2c(C)ccc(C)[n+]2C)c1C. The van der Waals surface area contributed by atoms with Crippen LogP contribution < -0.4 is 22.8 Å². The van der Waals surface area contributed by atoms with Crippen molar-refractivity contribution in [2.45, 2.75) is 138 Å². The van der Waals surface area contributed by atoms with Crippen molar-refractivity contribution in [3.63, 3.8) is 0 Å². The first kappa shape index (κ1) is 57.3. The molecule has 0 amide bonds. The molecule has 0 aliphatic carbocycles. The third-order valence-corrected chi connectivity index (χ3v) is 17.3. The fourth-order valence-electron chi connectivity index (χ4n) is 11.3. The largest absolute Gasteiger partial charge is 0.215 e. The van der Waals surface area contributed by atoms with Crippen LogP contribution in [-0.2, 0) is 35.2 Å². The Balaban J connectivity index is 0.000000181. The van der Waals surface area contributed by atoms with Crippen LogP contribution in [-0.4, -0.2) is 0 Å². The van der Waals surface area contributed by atoms with Crippen molar-refractivity contribution in [1.29, 1.82) is 0 Å². The summed E-state index contributed by atoms with van der Waals surface area (Å²) in [5, 5.41) is 0. The van der Waals surface area contributed by atoms with E-state index in [0.717, 1.165) is 44.9 Å². The van der Waals surface area contributed by atoms with Gasteiger partial charge in [0.25, 0.3) is 0 Å². The summed E-state index contributed by atoms with van der Waals surface area (Å²) in [6.45, 7) is 34.0. The van der Waals surface area contributed by atoms with Gasteiger partial charge < -0.3 is 0 Å². The second-order valence-corrected chi connectivity index (χ2v) is 23.7. The lowest BCUT2D eigenvalue weighted by Crippen LogP contribution is -2.35. The Morgan fingerprint density at radius 3 is 0.882 bits per heavy atom. The number of hydrogen-bond acceptors (Lipinski definition) is 0. The van der Waals surface area contributed by atoms with Gasteiger partial charge in [0.2, 0.25) is 28.5 Å². The van der Waals surface area contributed by atoms with Gasteiger partial charge >= 0.3 is 0 Å². The molecular formula is C80H100N5+5. The number of hydrogen-bond donors (Lipinski definition) is 0. The van der Waals surface area contributed by atoms with Crippen molar-refractivity contribution in [3.05, 3.63) is 264 Å². The number of pyridine rings is 5. The Bertz CT molecular complexity index is 4240. The van der Waals surface area contributed by atoms with E-state index in [1.54, 1.807) is 18.2 Å². The van der Waals surface area contributed by atoms with Crippen molar-refractivity contribution < 1.29 is 31.1 Å². The third kappa shape index (κ3) is 15.4. The van der Waals surface area contributed by atoms with Gasteiger partial charge in [0.05, 0.1) is 0 Å². The molecule has 10 aromatic rings. The van der Waals surface area contributed by atoms with Gasteiger partial charge in [-0.05, 0) is 203 Å². The van der Waals surface area contributed by atoms with Gasteiger partial charge in [-0.1, -0.05) is 77.4 Å². The van der Waals surface area contributed by atoms with Gasteiger partial charge in [-0.2, -0.15) is 22.8 Å². The van der Waals surface area contributed by atoms with Crippen molar-refractivity contribution in [3.8, 4) is 56.3 Å². The van der Waals surface area contributed by atoms with E-state index in [2.05, 4.69) is 263 Å². The first-order chi connectivity index (χ1) is 42.5. The van der Waals surface area contributed by atoms with E-state index in [1.807, 2.05) is 53.1 Å². The molecule has 0 aliphatic rings. The normalized spacial score (nSPS) is 12.0. The zero-order valence-corrected chi connectivity index (χ0v) is 55.7. The Morgan fingerprint density at radius 1 is 0.224 bits per heavy atom. The van der Waals surface area contributed by atoms with E-state index in [9.17, 15) is 0 Å². The van der Waals surface area contributed by atoms with Crippen LogP contribution in [0.5, 0.6) is 0 Å². The Hall–Kier alpha value is -8.15. The van der Waals surface area contributed by atoms with E-state index in [-0.39, 0.29) is 0 Å². The smallest absolute Gasteiger partial charge is 0.198 e. The minimum absolute atomic E-state index is 0.395. The molecule has 5 heteroatoms. The van der Waals surface area contributed by atoms with E-state index in [1.165, 1.54) is 112 Å². The summed E-state index contributed by atoms with van der Waals surface area (Å²) >= 11 is 0. The average molecular weight is 1140 g/mol. The van der Waals surface area contributed by atoms with E-state index in [4.69, 9.17) is 8.22 Å². The molecule has 0 atom stereocenters. The van der Waals surface area contributed by atoms with Gasteiger partial charge in [-0.15, -0.1) is 0 Å². The van der Waals surface area contributed by atoms with Crippen LogP contribution in [0.25, 0.3) is 56.3 Å². The predicted octanol–water partition coefficient (Wildman–Crippen LogP) is 17.1. The van der Waals surface area contributed by atoms with Gasteiger partial charge in [-0.3, -0.25) is 0 Å². The lowest BCUT2D eigenvalue weighted by Gasteiger charge is -2.10. The van der Waals surface area contributed by atoms with Gasteiger partial charge in [0.1, 0.15) is 35.2 Å². The van der Waals surface area contributed by atoms with Crippen molar-refractivity contribution >= 4 is 0 Å². The zero-order valence-electron chi connectivity index (χ0n) is 61.7. The van der Waals surface area contributed by atoms with Gasteiger partial charge in [0.15, 0.2) is 28.5 Å². The predicted molar refractivity (Wildman–Crippen MR) is 360 cm³/mol. The fourth-order valence-corrected chi connectivity index (χ4v) is 11.3. The highest BCUT2D eigenvalue weighted by molar-refractivity contribution is 5.69. The highest BCUT2D eigenvalue weighted by Crippen LogP contribution is 2.30. The Morgan fingerprint density at radius 2 is 0.518 bits per heavy atom. The molecule has 0 spiro atoms. The summed E-state index contributed by atoms with van der Waals surface area (Å²) in [6, 6.07) is 52.2. The molecule has 0 N–H and O–H groups in total. The average Bonchev–Trinajstić information content (AvgIpc) is 1.02. The summed E-state index contributed by atoms with van der Waals surface area (Å²) in [5.74, 6) is 0. The maximum Gasteiger partial charge on any atom is 0.215 e. The highest BCUT2D eigenvalue weighted by Gasteiger charge is 2.22. The minimum Gasteiger partial charge on any atom is -0.198 e. The monoisotopic (exact) mass is 1140 g/mol. The highest BCUT2D eigenvalue weighted by atomic mass is 15.0. The second kappa shape index (κ2) is 28.6. The molecule has 0 saturated heterocycles. The molecule has 0 radical (unpaired) electrons. The summed E-state index contributed by atoms with van der Waals surface area (Å²) < 4.78 is 56.5. The van der Waals surface area contributed by atoms with Crippen LogP contribution in [0.2, 0.25) is 0 Å². The van der Waals surface area contributed by atoms with Crippen LogP contribution in [0.3, 0.4) is 0 Å².